The van der Waals surface area contributed by atoms with Crippen LogP contribution in [0, 0.1) is 0 Å². The zero-order valence-corrected chi connectivity index (χ0v) is 15.7. The molecule has 0 unspecified atom stereocenters. The van der Waals surface area contributed by atoms with Crippen LogP contribution >= 0.6 is 0 Å². The van der Waals surface area contributed by atoms with Gasteiger partial charge in [0.1, 0.15) is 23.7 Å². The Morgan fingerprint density at radius 2 is 2.07 bits per heavy atom. The molecule has 2 aliphatic heterocycles. The summed E-state index contributed by atoms with van der Waals surface area (Å²) in [7, 11) is 1.82. The average Bonchev–Trinajstić information content (AvgIpc) is 3.24. The van der Waals surface area contributed by atoms with Crippen LogP contribution in [-0.4, -0.2) is 57.1 Å². The van der Waals surface area contributed by atoms with Gasteiger partial charge in [0.15, 0.2) is 0 Å². The summed E-state index contributed by atoms with van der Waals surface area (Å²) in [6, 6.07) is 10.0. The molecule has 4 heterocycles. The number of urea groups is 1. The number of nitrogens with zero attached hydrogens (tertiary/aromatic N) is 5. The molecular formula is C21H21N5O2. The molecule has 0 saturated carbocycles. The Balaban J connectivity index is 1.34. The average molecular weight is 375 g/mol. The quantitative estimate of drug-likeness (QED) is 0.703. The van der Waals surface area contributed by atoms with E-state index in [0.29, 0.717) is 13.2 Å². The summed E-state index contributed by atoms with van der Waals surface area (Å²) in [5.74, 6) is 1.81. The number of amides is 2. The number of para-hydroxylation sites is 1. The van der Waals surface area contributed by atoms with Crippen LogP contribution < -0.4 is 4.74 Å². The number of benzene rings is 1. The molecule has 1 fully saturated rings. The SMILES string of the molecule is CN1CCN(Cc2ccc(/C=C/c3nc4cccc5c4n3CCO5)cn2)C1=O. The van der Waals surface area contributed by atoms with Crippen LogP contribution in [0.15, 0.2) is 36.5 Å². The number of rotatable bonds is 4. The monoisotopic (exact) mass is 375 g/mol. The zero-order chi connectivity index (χ0) is 19.1. The molecule has 2 aromatic heterocycles. The van der Waals surface area contributed by atoms with E-state index in [1.54, 1.807) is 4.90 Å². The first-order valence-electron chi connectivity index (χ1n) is 9.44. The highest BCUT2D eigenvalue weighted by Crippen LogP contribution is 2.30. The number of ether oxygens (including phenoxy) is 1. The van der Waals surface area contributed by atoms with E-state index in [-0.39, 0.29) is 6.03 Å². The maximum Gasteiger partial charge on any atom is 0.320 e. The standard InChI is InChI=1S/C21H21N5O2/c1-24-9-10-25(21(24)27)14-16-7-5-15(13-22-16)6-8-19-23-17-3-2-4-18-20(17)26(19)11-12-28-18/h2-8,13H,9-12,14H2,1H3/b8-6+. The molecule has 5 rings (SSSR count). The molecule has 0 N–H and O–H groups in total. The van der Waals surface area contributed by atoms with E-state index in [9.17, 15) is 4.79 Å². The molecule has 7 heteroatoms. The fourth-order valence-corrected chi connectivity index (χ4v) is 3.73. The lowest BCUT2D eigenvalue weighted by Gasteiger charge is -2.16. The zero-order valence-electron chi connectivity index (χ0n) is 15.7. The van der Waals surface area contributed by atoms with Gasteiger partial charge in [-0.1, -0.05) is 12.1 Å². The van der Waals surface area contributed by atoms with E-state index >= 15 is 0 Å². The van der Waals surface area contributed by atoms with E-state index in [0.717, 1.165) is 53.5 Å². The van der Waals surface area contributed by atoms with E-state index in [1.165, 1.54) is 0 Å². The summed E-state index contributed by atoms with van der Waals surface area (Å²) in [6.45, 7) is 3.52. The van der Waals surface area contributed by atoms with Gasteiger partial charge in [-0.15, -0.1) is 0 Å². The van der Waals surface area contributed by atoms with Gasteiger partial charge in [-0.2, -0.15) is 0 Å². The Morgan fingerprint density at radius 3 is 2.86 bits per heavy atom. The fraction of sp³-hybridized carbons (Fsp3) is 0.286. The van der Waals surface area contributed by atoms with Crippen molar-refractivity contribution in [2.75, 3.05) is 26.7 Å². The Hall–Kier alpha value is -3.35. The third kappa shape index (κ3) is 2.89. The molecule has 0 radical (unpaired) electrons. The van der Waals surface area contributed by atoms with Crippen LogP contribution in [0.3, 0.4) is 0 Å². The van der Waals surface area contributed by atoms with Crippen molar-refractivity contribution in [3.05, 3.63) is 53.6 Å². The van der Waals surface area contributed by atoms with Gasteiger partial charge >= 0.3 is 6.03 Å². The van der Waals surface area contributed by atoms with E-state index in [2.05, 4.69) is 9.55 Å². The smallest absolute Gasteiger partial charge is 0.320 e. The second-order valence-corrected chi connectivity index (χ2v) is 7.14. The minimum Gasteiger partial charge on any atom is -0.489 e. The van der Waals surface area contributed by atoms with Crippen LogP contribution in [0.25, 0.3) is 23.2 Å². The van der Waals surface area contributed by atoms with Gasteiger partial charge in [0.2, 0.25) is 0 Å². The molecule has 28 heavy (non-hydrogen) atoms. The van der Waals surface area contributed by atoms with Crippen molar-refractivity contribution in [1.29, 1.82) is 0 Å². The number of imidazole rings is 1. The number of pyridine rings is 1. The van der Waals surface area contributed by atoms with Crippen molar-refractivity contribution in [2.45, 2.75) is 13.1 Å². The summed E-state index contributed by atoms with van der Waals surface area (Å²) in [6.07, 6.45) is 5.87. The highest BCUT2D eigenvalue weighted by molar-refractivity contribution is 5.85. The predicted molar refractivity (Wildman–Crippen MR) is 107 cm³/mol. The van der Waals surface area contributed by atoms with Crippen LogP contribution in [-0.2, 0) is 13.1 Å². The number of hydrogen-bond acceptors (Lipinski definition) is 4. The summed E-state index contributed by atoms with van der Waals surface area (Å²) in [5.41, 5.74) is 3.90. The minimum atomic E-state index is 0.0643. The normalized spacial score (nSPS) is 16.4. The molecule has 142 valence electrons. The molecular weight excluding hydrogens is 354 g/mol. The van der Waals surface area contributed by atoms with Gasteiger partial charge in [0.25, 0.3) is 0 Å². The maximum atomic E-state index is 12.0. The highest BCUT2D eigenvalue weighted by atomic mass is 16.5. The summed E-state index contributed by atoms with van der Waals surface area (Å²) < 4.78 is 7.92. The maximum absolute atomic E-state index is 12.0. The molecule has 0 spiro atoms. The van der Waals surface area contributed by atoms with Crippen molar-refractivity contribution in [1.82, 2.24) is 24.3 Å². The number of carbonyl (C=O) groups excluding carboxylic acids is 1. The van der Waals surface area contributed by atoms with E-state index < -0.39 is 0 Å². The summed E-state index contributed by atoms with van der Waals surface area (Å²) in [4.78, 5) is 24.8. The number of likely N-dealkylation sites (N-methyl/N-ethyl adjacent to an activating group) is 1. The van der Waals surface area contributed by atoms with Crippen LogP contribution in [0.5, 0.6) is 5.75 Å². The number of hydrogen-bond donors (Lipinski definition) is 0. The number of carbonyl (C=O) groups is 1. The van der Waals surface area contributed by atoms with Gasteiger partial charge in [0.05, 0.1) is 24.3 Å². The molecule has 3 aromatic rings. The molecule has 0 aliphatic carbocycles. The molecule has 0 bridgehead atoms. The number of aromatic nitrogens is 3. The molecule has 2 aliphatic rings. The molecule has 1 saturated heterocycles. The van der Waals surface area contributed by atoms with Gasteiger partial charge in [-0.05, 0) is 35.9 Å². The predicted octanol–water partition coefficient (Wildman–Crippen LogP) is 2.86. The first-order chi connectivity index (χ1) is 13.7. The summed E-state index contributed by atoms with van der Waals surface area (Å²) in [5, 5.41) is 0. The van der Waals surface area contributed by atoms with Crippen molar-refractivity contribution in [2.24, 2.45) is 0 Å². The molecule has 2 amide bonds. The lowest BCUT2D eigenvalue weighted by atomic mass is 10.2. The first kappa shape index (κ1) is 16.8. The molecule has 0 atom stereocenters. The molecule has 1 aromatic carbocycles. The van der Waals surface area contributed by atoms with Crippen LogP contribution in [0.4, 0.5) is 4.79 Å². The van der Waals surface area contributed by atoms with Gasteiger partial charge in [-0.3, -0.25) is 4.98 Å². The van der Waals surface area contributed by atoms with Gasteiger partial charge < -0.3 is 19.1 Å². The van der Waals surface area contributed by atoms with Crippen LogP contribution in [0.1, 0.15) is 17.1 Å². The lowest BCUT2D eigenvalue weighted by molar-refractivity contribution is 0.196. The largest absolute Gasteiger partial charge is 0.489 e. The Labute approximate surface area is 162 Å². The Kier molecular flexibility index (Phi) is 4.00. The second-order valence-electron chi connectivity index (χ2n) is 7.14. The van der Waals surface area contributed by atoms with E-state index in [1.807, 2.05) is 60.6 Å². The third-order valence-electron chi connectivity index (χ3n) is 5.26. The van der Waals surface area contributed by atoms with Crippen molar-refractivity contribution in [3.8, 4) is 5.75 Å². The van der Waals surface area contributed by atoms with Crippen molar-refractivity contribution >= 4 is 29.2 Å². The van der Waals surface area contributed by atoms with Crippen molar-refractivity contribution in [3.63, 3.8) is 0 Å². The first-order valence-corrected chi connectivity index (χ1v) is 9.44. The third-order valence-corrected chi connectivity index (χ3v) is 5.26. The van der Waals surface area contributed by atoms with E-state index in [4.69, 9.17) is 9.72 Å². The second kappa shape index (κ2) is 6.67. The summed E-state index contributed by atoms with van der Waals surface area (Å²) >= 11 is 0. The fourth-order valence-electron chi connectivity index (χ4n) is 3.73. The molecule has 7 nitrogen and oxygen atoms in total. The topological polar surface area (TPSA) is 63.5 Å². The highest BCUT2D eigenvalue weighted by Gasteiger charge is 2.25. The lowest BCUT2D eigenvalue weighted by Crippen LogP contribution is -2.29. The van der Waals surface area contributed by atoms with Gasteiger partial charge in [-0.25, -0.2) is 9.78 Å². The minimum absolute atomic E-state index is 0.0643. The van der Waals surface area contributed by atoms with Crippen molar-refractivity contribution < 1.29 is 9.53 Å². The van der Waals surface area contributed by atoms with Gasteiger partial charge in [0, 0.05) is 26.3 Å². The Bertz CT molecular complexity index is 1070. The Morgan fingerprint density at radius 1 is 1.14 bits per heavy atom. The van der Waals surface area contributed by atoms with Crippen LogP contribution in [0.2, 0.25) is 0 Å².